The maximum absolute atomic E-state index is 12.4. The quantitative estimate of drug-likeness (QED) is 0.160. The number of nitrogens with one attached hydrogen (secondary N) is 4. The number of urea groups is 2. The zero-order valence-corrected chi connectivity index (χ0v) is 23.4. The van der Waals surface area contributed by atoms with Crippen molar-refractivity contribution < 1.29 is 26.4 Å². The first kappa shape index (κ1) is 30.0. The summed E-state index contributed by atoms with van der Waals surface area (Å²) in [5, 5.41) is 21.1. The Labute approximate surface area is 242 Å². The summed E-state index contributed by atoms with van der Waals surface area (Å²) in [6.45, 7) is 0. The van der Waals surface area contributed by atoms with Crippen LogP contribution in [0.2, 0.25) is 0 Å². The van der Waals surface area contributed by atoms with Crippen LogP contribution in [0.15, 0.2) is 107 Å². The minimum absolute atomic E-state index is 0.122. The van der Waals surface area contributed by atoms with E-state index in [1.54, 1.807) is 60.7 Å². The number of carbonyl (C=O) groups excluding carboxylic acids is 2. The number of amides is 4. The molecule has 0 unspecified atom stereocenters. The highest BCUT2D eigenvalue weighted by atomic mass is 32.2. The average molecular weight is 607 g/mol. The van der Waals surface area contributed by atoms with E-state index >= 15 is 0 Å². The fourth-order valence-corrected chi connectivity index (χ4v) is 5.31. The molecule has 0 saturated heterocycles. The highest BCUT2D eigenvalue weighted by Gasteiger charge is 2.17. The van der Waals surface area contributed by atoms with Crippen molar-refractivity contribution in [3.8, 4) is 0 Å². The Bertz CT molecular complexity index is 1730. The second kappa shape index (κ2) is 12.7. The molecule has 0 bridgehead atoms. The molecule has 4 rings (SSSR count). The highest BCUT2D eigenvalue weighted by Crippen LogP contribution is 2.26. The number of anilines is 4. The van der Waals surface area contributed by atoms with E-state index in [-0.39, 0.29) is 32.3 Å². The molecular formula is C28H26N6O6S2. The van der Waals surface area contributed by atoms with Crippen LogP contribution in [-0.4, -0.2) is 28.9 Å². The summed E-state index contributed by atoms with van der Waals surface area (Å²) < 4.78 is 49.4. The Morgan fingerprint density at radius 1 is 0.500 bits per heavy atom. The van der Waals surface area contributed by atoms with Gasteiger partial charge in [-0.3, -0.25) is 0 Å². The van der Waals surface area contributed by atoms with Gasteiger partial charge in [-0.15, -0.1) is 0 Å². The van der Waals surface area contributed by atoms with E-state index in [9.17, 15) is 26.4 Å². The van der Waals surface area contributed by atoms with Gasteiger partial charge in [0.15, 0.2) is 0 Å². The lowest BCUT2D eigenvalue weighted by molar-refractivity contribution is 0.261. The van der Waals surface area contributed by atoms with Crippen molar-refractivity contribution in [2.75, 3.05) is 21.3 Å². The number of rotatable bonds is 8. The number of sulfonamides is 2. The Morgan fingerprint density at radius 2 is 0.833 bits per heavy atom. The summed E-state index contributed by atoms with van der Waals surface area (Å²) in [6.07, 6.45) is 2.68. The van der Waals surface area contributed by atoms with Crippen molar-refractivity contribution in [2.24, 2.45) is 10.3 Å². The normalized spacial score (nSPS) is 11.6. The molecule has 0 aliphatic rings. The van der Waals surface area contributed by atoms with Crippen molar-refractivity contribution in [1.82, 2.24) is 0 Å². The first-order valence-electron chi connectivity index (χ1n) is 12.2. The molecule has 4 amide bonds. The van der Waals surface area contributed by atoms with Crippen LogP contribution < -0.4 is 31.5 Å². The summed E-state index contributed by atoms with van der Waals surface area (Å²) >= 11 is 0. The van der Waals surface area contributed by atoms with Crippen LogP contribution >= 0.6 is 0 Å². The number of carbonyl (C=O) groups is 2. The van der Waals surface area contributed by atoms with Gasteiger partial charge in [-0.1, -0.05) is 60.7 Å². The largest absolute Gasteiger partial charge is 0.323 e. The molecular weight excluding hydrogens is 580 g/mol. The predicted octanol–water partition coefficient (Wildman–Crippen LogP) is 4.44. The fraction of sp³-hybridized carbons (Fsp3) is 0. The van der Waals surface area contributed by atoms with Gasteiger partial charge in [0.1, 0.15) is 0 Å². The van der Waals surface area contributed by atoms with Gasteiger partial charge < -0.3 is 21.3 Å². The molecule has 0 heterocycles. The van der Waals surface area contributed by atoms with Gasteiger partial charge in [0.25, 0.3) is 0 Å². The third-order valence-corrected chi connectivity index (χ3v) is 7.59. The summed E-state index contributed by atoms with van der Waals surface area (Å²) in [5.74, 6) is 0. The number of benzene rings is 4. The number of hydrogen-bond acceptors (Lipinski definition) is 6. The number of para-hydroxylation sites is 2. The zero-order chi connectivity index (χ0) is 30.3. The van der Waals surface area contributed by atoms with Gasteiger partial charge in [0, 0.05) is 22.7 Å². The topological polar surface area (TPSA) is 203 Å². The van der Waals surface area contributed by atoms with E-state index in [2.05, 4.69) is 21.3 Å². The standard InChI is InChI=1S/C28H26N6O6S2/c29-41(37,38)25-17-23(33-27(35)31-21-7-3-1-4-8-21)15-13-19(25)11-12-20-14-16-24(18-26(20)42(30,39)40)34-28(36)32-22-9-5-2-6-10-22/h1-18H,(H2,29,37,38)(H2,30,39,40)(H2,31,33,35)(H2,32,34,36). The average Bonchev–Trinajstić information content (AvgIpc) is 2.92. The van der Waals surface area contributed by atoms with Crippen LogP contribution in [-0.2, 0) is 20.0 Å². The third-order valence-electron chi connectivity index (χ3n) is 5.66. The van der Waals surface area contributed by atoms with Crippen molar-refractivity contribution in [1.29, 1.82) is 0 Å². The molecule has 4 aromatic rings. The first-order chi connectivity index (χ1) is 19.9. The molecule has 0 aromatic heterocycles. The van der Waals surface area contributed by atoms with E-state index in [0.717, 1.165) is 0 Å². The number of hydrogen-bond donors (Lipinski definition) is 6. The van der Waals surface area contributed by atoms with Crippen molar-refractivity contribution in [3.05, 3.63) is 108 Å². The summed E-state index contributed by atoms with van der Waals surface area (Å²) in [6, 6.07) is 24.1. The minimum Gasteiger partial charge on any atom is -0.308 e. The molecule has 0 fully saturated rings. The molecule has 0 aliphatic heterocycles. The molecule has 0 radical (unpaired) electrons. The van der Waals surface area contributed by atoms with Gasteiger partial charge in [0.2, 0.25) is 20.0 Å². The maximum atomic E-state index is 12.4. The Hall–Kier alpha value is -5.02. The molecule has 4 aromatic carbocycles. The van der Waals surface area contributed by atoms with Crippen molar-refractivity contribution >= 4 is 67.0 Å². The lowest BCUT2D eigenvalue weighted by atomic mass is 10.1. The number of primary sulfonamides is 2. The molecule has 8 N–H and O–H groups in total. The van der Waals surface area contributed by atoms with Crippen LogP contribution in [0, 0.1) is 0 Å². The van der Waals surface area contributed by atoms with E-state index in [1.165, 1.54) is 48.6 Å². The van der Waals surface area contributed by atoms with Gasteiger partial charge in [0.05, 0.1) is 9.79 Å². The van der Waals surface area contributed by atoms with Crippen LogP contribution in [0.25, 0.3) is 12.2 Å². The van der Waals surface area contributed by atoms with Gasteiger partial charge in [-0.2, -0.15) is 0 Å². The first-order valence-corrected chi connectivity index (χ1v) is 15.3. The second-order valence-electron chi connectivity index (χ2n) is 8.82. The molecule has 0 atom stereocenters. The molecule has 42 heavy (non-hydrogen) atoms. The van der Waals surface area contributed by atoms with E-state index in [1.807, 2.05) is 0 Å². The van der Waals surface area contributed by atoms with E-state index in [0.29, 0.717) is 11.4 Å². The minimum atomic E-state index is -4.26. The predicted molar refractivity (Wildman–Crippen MR) is 163 cm³/mol. The molecule has 12 nitrogen and oxygen atoms in total. The zero-order valence-electron chi connectivity index (χ0n) is 21.8. The SMILES string of the molecule is NS(=O)(=O)c1cc(NC(=O)Nc2ccccc2)ccc1C=Cc1ccc(NC(=O)Nc2ccccc2)cc1S(N)(=O)=O. The van der Waals surface area contributed by atoms with E-state index < -0.39 is 32.1 Å². The molecule has 0 saturated carbocycles. The lowest BCUT2D eigenvalue weighted by Crippen LogP contribution is -2.20. The van der Waals surface area contributed by atoms with Gasteiger partial charge in [-0.05, 0) is 59.7 Å². The van der Waals surface area contributed by atoms with Crippen molar-refractivity contribution in [3.63, 3.8) is 0 Å². The number of nitrogens with two attached hydrogens (primary N) is 2. The fourth-order valence-electron chi connectivity index (χ4n) is 3.80. The van der Waals surface area contributed by atoms with Crippen LogP contribution in [0.4, 0.5) is 32.3 Å². The summed E-state index contributed by atoms with van der Waals surface area (Å²) in [5.41, 5.74) is 1.61. The summed E-state index contributed by atoms with van der Waals surface area (Å²) in [4.78, 5) is 24.0. The van der Waals surface area contributed by atoms with Crippen LogP contribution in [0.3, 0.4) is 0 Å². The Balaban J connectivity index is 1.57. The smallest absolute Gasteiger partial charge is 0.308 e. The Kier molecular flexibility index (Phi) is 9.02. The second-order valence-corrected chi connectivity index (χ2v) is 11.9. The van der Waals surface area contributed by atoms with Crippen molar-refractivity contribution in [2.45, 2.75) is 9.79 Å². The van der Waals surface area contributed by atoms with Crippen LogP contribution in [0.5, 0.6) is 0 Å². The van der Waals surface area contributed by atoms with E-state index in [4.69, 9.17) is 10.3 Å². The maximum Gasteiger partial charge on any atom is 0.323 e. The monoisotopic (exact) mass is 606 g/mol. The van der Waals surface area contributed by atoms with Gasteiger partial charge >= 0.3 is 12.1 Å². The molecule has 0 aliphatic carbocycles. The molecule has 14 heteroatoms. The lowest BCUT2D eigenvalue weighted by Gasteiger charge is -2.12. The van der Waals surface area contributed by atoms with Crippen LogP contribution in [0.1, 0.15) is 11.1 Å². The molecule has 0 spiro atoms. The third kappa shape index (κ3) is 8.25. The highest BCUT2D eigenvalue weighted by molar-refractivity contribution is 7.89. The molecule has 216 valence electrons. The summed E-state index contributed by atoms with van der Waals surface area (Å²) in [7, 11) is -8.52. The Morgan fingerprint density at radius 3 is 1.17 bits per heavy atom. The van der Waals surface area contributed by atoms with Gasteiger partial charge in [-0.25, -0.2) is 36.7 Å².